The zero-order chi connectivity index (χ0) is 15.6. The van der Waals surface area contributed by atoms with E-state index in [0.717, 1.165) is 44.1 Å². The highest BCUT2D eigenvalue weighted by Gasteiger charge is 2.38. The molecule has 2 aliphatic rings. The highest BCUT2D eigenvalue weighted by atomic mass is 16.1. The van der Waals surface area contributed by atoms with Gasteiger partial charge in [-0.15, -0.1) is 0 Å². The van der Waals surface area contributed by atoms with E-state index in [2.05, 4.69) is 28.2 Å². The van der Waals surface area contributed by atoms with Crippen LogP contribution < -0.4 is 10.2 Å². The van der Waals surface area contributed by atoms with Crippen LogP contribution in [0.3, 0.4) is 0 Å². The van der Waals surface area contributed by atoms with E-state index in [0.29, 0.717) is 5.56 Å². The summed E-state index contributed by atoms with van der Waals surface area (Å²) in [7, 11) is 0. The van der Waals surface area contributed by atoms with Crippen molar-refractivity contribution in [3.8, 4) is 6.07 Å². The first-order valence-corrected chi connectivity index (χ1v) is 8.07. The number of carbonyl (C=O) groups excluding carboxylic acids is 1. The van der Waals surface area contributed by atoms with Gasteiger partial charge in [0.1, 0.15) is 11.4 Å². The number of piperidine rings is 1. The molecular weight excluding hydrogens is 276 g/mol. The van der Waals surface area contributed by atoms with Gasteiger partial charge in [0.15, 0.2) is 0 Å². The number of nitrogens with zero attached hydrogens (tertiary/aromatic N) is 3. The van der Waals surface area contributed by atoms with Crippen molar-refractivity contribution >= 4 is 11.7 Å². The van der Waals surface area contributed by atoms with Crippen molar-refractivity contribution in [2.24, 2.45) is 5.92 Å². The van der Waals surface area contributed by atoms with Gasteiger partial charge in [-0.2, -0.15) is 5.26 Å². The molecule has 0 radical (unpaired) electrons. The van der Waals surface area contributed by atoms with Gasteiger partial charge in [0.2, 0.25) is 0 Å². The summed E-state index contributed by atoms with van der Waals surface area (Å²) in [5, 5.41) is 12.0. The predicted octanol–water partition coefficient (Wildman–Crippen LogP) is 2.49. The summed E-state index contributed by atoms with van der Waals surface area (Å²) < 4.78 is 0. The van der Waals surface area contributed by atoms with Crippen LogP contribution in [-0.2, 0) is 0 Å². The van der Waals surface area contributed by atoms with E-state index in [1.54, 1.807) is 12.3 Å². The minimum absolute atomic E-state index is 0.201. The van der Waals surface area contributed by atoms with Crippen molar-refractivity contribution in [2.75, 3.05) is 18.0 Å². The zero-order valence-electron chi connectivity index (χ0n) is 13.0. The van der Waals surface area contributed by atoms with E-state index >= 15 is 0 Å². The summed E-state index contributed by atoms with van der Waals surface area (Å²) in [6.45, 7) is 4.33. The number of anilines is 1. The first kappa shape index (κ1) is 14.8. The Morgan fingerprint density at radius 1 is 1.41 bits per heavy atom. The Labute approximate surface area is 131 Å². The van der Waals surface area contributed by atoms with Crippen LogP contribution in [0.1, 0.15) is 49.4 Å². The minimum Gasteiger partial charge on any atom is -0.357 e. The molecule has 3 rings (SSSR count). The maximum absolute atomic E-state index is 12.2. The van der Waals surface area contributed by atoms with Crippen molar-refractivity contribution in [3.05, 3.63) is 23.9 Å². The van der Waals surface area contributed by atoms with Gasteiger partial charge in [-0.1, -0.05) is 6.92 Å². The maximum Gasteiger partial charge on any atom is 0.254 e. The molecule has 5 nitrogen and oxygen atoms in total. The van der Waals surface area contributed by atoms with Gasteiger partial charge < -0.3 is 10.2 Å². The van der Waals surface area contributed by atoms with E-state index in [4.69, 9.17) is 0 Å². The summed E-state index contributed by atoms with van der Waals surface area (Å²) in [6.07, 6.45) is 6.48. The number of rotatable bonds is 3. The fraction of sp³-hybridized carbons (Fsp3) is 0.588. The summed E-state index contributed by atoms with van der Waals surface area (Å²) in [6, 6.07) is 5.93. The molecule has 0 spiro atoms. The lowest BCUT2D eigenvalue weighted by molar-refractivity contribution is 0.0881. The number of hydrogen-bond donors (Lipinski definition) is 1. The zero-order valence-corrected chi connectivity index (χ0v) is 13.0. The number of amides is 1. The molecular formula is C17H22N4O. The van der Waals surface area contributed by atoms with Crippen molar-refractivity contribution in [1.29, 1.82) is 5.26 Å². The second-order valence-corrected chi connectivity index (χ2v) is 6.58. The van der Waals surface area contributed by atoms with Crippen LogP contribution in [-0.4, -0.2) is 29.5 Å². The Kier molecular flexibility index (Phi) is 4.02. The molecule has 1 aromatic rings. The number of carbonyl (C=O) groups is 1. The van der Waals surface area contributed by atoms with E-state index < -0.39 is 5.54 Å². The molecule has 0 bridgehead atoms. The van der Waals surface area contributed by atoms with Crippen molar-refractivity contribution in [2.45, 2.75) is 44.6 Å². The van der Waals surface area contributed by atoms with E-state index in [1.165, 1.54) is 12.8 Å². The summed E-state index contributed by atoms with van der Waals surface area (Å²) in [4.78, 5) is 18.9. The van der Waals surface area contributed by atoms with E-state index in [9.17, 15) is 10.1 Å². The fourth-order valence-corrected chi connectivity index (χ4v) is 3.03. The first-order chi connectivity index (χ1) is 10.6. The second-order valence-electron chi connectivity index (χ2n) is 6.58. The molecule has 2 fully saturated rings. The van der Waals surface area contributed by atoms with Crippen LogP contribution in [0.2, 0.25) is 0 Å². The Morgan fingerprint density at radius 2 is 2.14 bits per heavy atom. The standard InChI is InChI=1S/C17H22N4O/c1-13-5-9-21(10-6-13)15-4-3-14(11-19-15)16(22)20-17(12-18)7-2-8-17/h3-4,11,13H,2,5-10H2,1H3,(H,20,22). The fourth-order valence-electron chi connectivity index (χ4n) is 3.03. The van der Waals surface area contributed by atoms with E-state index in [-0.39, 0.29) is 5.91 Å². The van der Waals surface area contributed by atoms with Crippen molar-refractivity contribution in [3.63, 3.8) is 0 Å². The molecule has 5 heteroatoms. The SMILES string of the molecule is CC1CCN(c2ccc(C(=O)NC3(C#N)CCC3)cn2)CC1. The van der Waals surface area contributed by atoms with Gasteiger partial charge in [-0.25, -0.2) is 4.98 Å². The van der Waals surface area contributed by atoms with Gasteiger partial charge in [0.25, 0.3) is 5.91 Å². The van der Waals surface area contributed by atoms with E-state index in [1.807, 2.05) is 6.07 Å². The third kappa shape index (κ3) is 2.92. The first-order valence-electron chi connectivity index (χ1n) is 8.07. The quantitative estimate of drug-likeness (QED) is 0.931. The molecule has 2 heterocycles. The molecule has 1 amide bonds. The number of hydrogen-bond acceptors (Lipinski definition) is 4. The lowest BCUT2D eigenvalue weighted by Gasteiger charge is -2.35. The Hall–Kier alpha value is -2.09. The molecule has 116 valence electrons. The van der Waals surface area contributed by atoms with Gasteiger partial charge in [-0.3, -0.25) is 4.79 Å². The monoisotopic (exact) mass is 298 g/mol. The van der Waals surface area contributed by atoms with Crippen LogP contribution in [0, 0.1) is 17.2 Å². The van der Waals surface area contributed by atoms with Crippen LogP contribution >= 0.6 is 0 Å². The largest absolute Gasteiger partial charge is 0.357 e. The minimum atomic E-state index is -0.654. The highest BCUT2D eigenvalue weighted by Crippen LogP contribution is 2.31. The van der Waals surface area contributed by atoms with Crippen molar-refractivity contribution < 1.29 is 4.79 Å². The molecule has 0 aromatic carbocycles. The third-order valence-corrected chi connectivity index (χ3v) is 4.89. The summed E-state index contributed by atoms with van der Waals surface area (Å²) in [5.41, 5.74) is -0.130. The third-order valence-electron chi connectivity index (χ3n) is 4.89. The number of nitriles is 1. The van der Waals surface area contributed by atoms with Crippen LogP contribution in [0.5, 0.6) is 0 Å². The molecule has 1 aromatic heterocycles. The number of pyridine rings is 1. The molecule has 1 aliphatic heterocycles. The molecule has 1 N–H and O–H groups in total. The average Bonchev–Trinajstić information content (AvgIpc) is 2.52. The average molecular weight is 298 g/mol. The Balaban J connectivity index is 1.64. The summed E-state index contributed by atoms with van der Waals surface area (Å²) >= 11 is 0. The predicted molar refractivity (Wildman–Crippen MR) is 84.5 cm³/mol. The van der Waals surface area contributed by atoms with Crippen LogP contribution in [0.4, 0.5) is 5.82 Å². The number of aromatic nitrogens is 1. The molecule has 1 saturated carbocycles. The van der Waals surface area contributed by atoms with Gasteiger partial charge >= 0.3 is 0 Å². The normalized spacial score (nSPS) is 20.8. The second kappa shape index (κ2) is 5.96. The molecule has 22 heavy (non-hydrogen) atoms. The van der Waals surface area contributed by atoms with Gasteiger partial charge in [0, 0.05) is 19.3 Å². The van der Waals surface area contributed by atoms with Gasteiger partial charge in [0.05, 0.1) is 11.6 Å². The lowest BCUT2D eigenvalue weighted by atomic mass is 9.78. The smallest absolute Gasteiger partial charge is 0.254 e. The Bertz CT molecular complexity index is 578. The van der Waals surface area contributed by atoms with Crippen LogP contribution in [0.25, 0.3) is 0 Å². The molecule has 1 aliphatic carbocycles. The van der Waals surface area contributed by atoms with Crippen molar-refractivity contribution in [1.82, 2.24) is 10.3 Å². The molecule has 0 unspecified atom stereocenters. The van der Waals surface area contributed by atoms with Gasteiger partial charge in [-0.05, 0) is 50.2 Å². The molecule has 1 saturated heterocycles. The summed E-state index contributed by atoms with van der Waals surface area (Å²) in [5.74, 6) is 1.51. The maximum atomic E-state index is 12.2. The Morgan fingerprint density at radius 3 is 2.64 bits per heavy atom. The lowest BCUT2D eigenvalue weighted by Crippen LogP contribution is -2.52. The van der Waals surface area contributed by atoms with Crippen LogP contribution in [0.15, 0.2) is 18.3 Å². The highest BCUT2D eigenvalue weighted by molar-refractivity contribution is 5.94. The topological polar surface area (TPSA) is 69.0 Å². The number of nitrogens with one attached hydrogen (secondary N) is 1. The molecule has 0 atom stereocenters.